The summed E-state index contributed by atoms with van der Waals surface area (Å²) in [6.07, 6.45) is 0.806. The van der Waals surface area contributed by atoms with Gasteiger partial charge < -0.3 is 10.5 Å². The normalized spacial score (nSPS) is 22.4. The molecule has 1 aliphatic carbocycles. The molecule has 2 aliphatic rings. The Hall–Kier alpha value is -2.76. The van der Waals surface area contributed by atoms with Gasteiger partial charge in [0.15, 0.2) is 0 Å². The van der Waals surface area contributed by atoms with Crippen molar-refractivity contribution in [3.63, 3.8) is 0 Å². The number of allylic oxidation sites excluding steroid dienone is 1. The number of hydrogen-bond acceptors (Lipinski definition) is 3. The molecule has 0 spiro atoms. The Kier molecular flexibility index (Phi) is 3.45. The first-order valence-corrected chi connectivity index (χ1v) is 8.37. The van der Waals surface area contributed by atoms with Gasteiger partial charge in [0.25, 0.3) is 0 Å². The number of halogens is 2. The average Bonchev–Trinajstić information content (AvgIpc) is 3.28. The van der Waals surface area contributed by atoms with Crippen LogP contribution in [0.15, 0.2) is 36.9 Å². The summed E-state index contributed by atoms with van der Waals surface area (Å²) in [5.74, 6) is -0.502. The molecule has 2 aromatic rings. The third-order valence-corrected chi connectivity index (χ3v) is 5.27. The van der Waals surface area contributed by atoms with Gasteiger partial charge in [-0.2, -0.15) is 0 Å². The van der Waals surface area contributed by atoms with Crippen molar-refractivity contribution in [2.75, 3.05) is 6.61 Å². The number of fused-ring (bicyclic) bond motifs is 1. The summed E-state index contributed by atoms with van der Waals surface area (Å²) < 4.78 is 33.6. The first kappa shape index (κ1) is 16.7. The second-order valence-corrected chi connectivity index (χ2v) is 7.17. The number of nitrogens with zero attached hydrogens (tertiary/aromatic N) is 1. The van der Waals surface area contributed by atoms with E-state index in [4.69, 9.17) is 10.5 Å². The van der Waals surface area contributed by atoms with Crippen molar-refractivity contribution in [3.05, 3.63) is 54.0 Å². The minimum atomic E-state index is -1.45. The molecule has 4 nitrogen and oxygen atoms in total. The van der Waals surface area contributed by atoms with Crippen LogP contribution in [0.25, 0.3) is 16.8 Å². The summed E-state index contributed by atoms with van der Waals surface area (Å²) >= 11 is 0. The predicted molar refractivity (Wildman–Crippen MR) is 93.8 cm³/mol. The maximum Gasteiger partial charge on any atom is 0.231 e. The van der Waals surface area contributed by atoms with Crippen LogP contribution in [0.3, 0.4) is 0 Å². The number of carbonyl (C=O) groups excluding carboxylic acids is 1. The number of pyridine rings is 1. The number of ether oxygens (including phenoxy) is 1. The van der Waals surface area contributed by atoms with Crippen molar-refractivity contribution in [1.29, 1.82) is 0 Å². The van der Waals surface area contributed by atoms with Gasteiger partial charge in [-0.3, -0.25) is 4.79 Å². The number of rotatable bonds is 4. The SMILES string of the molecule is C=C(c1cc2c(c(-c3ccc(F)cc3)n1)OC[C@]2(C)C(N)=O)C1(F)CC1. The van der Waals surface area contributed by atoms with Crippen LogP contribution in [0.2, 0.25) is 0 Å². The average molecular weight is 356 g/mol. The van der Waals surface area contributed by atoms with E-state index in [1.807, 2.05) is 0 Å². The molecule has 0 unspecified atom stereocenters. The number of carbonyl (C=O) groups is 1. The van der Waals surface area contributed by atoms with Gasteiger partial charge in [-0.05, 0) is 50.1 Å². The summed E-state index contributed by atoms with van der Waals surface area (Å²) in [5.41, 5.74) is 5.32. The topological polar surface area (TPSA) is 65.2 Å². The molecule has 2 N–H and O–H groups in total. The van der Waals surface area contributed by atoms with Gasteiger partial charge in [0.2, 0.25) is 5.91 Å². The number of benzene rings is 1. The second kappa shape index (κ2) is 5.37. The van der Waals surface area contributed by atoms with Crippen LogP contribution < -0.4 is 10.5 Å². The van der Waals surface area contributed by atoms with E-state index >= 15 is 0 Å². The standard InChI is InChI=1S/C20H18F2N2O2/c1-11(20(22)7-8-20)15-9-14-17(26-10-19(14,2)18(23)25)16(24-15)12-3-5-13(21)6-4-12/h3-6,9H,1,7-8,10H2,2H3,(H2,23,25)/t19-/m0/s1. The number of nitrogens with two attached hydrogens (primary N) is 1. The fraction of sp³-hybridized carbons (Fsp3) is 0.300. The second-order valence-electron chi connectivity index (χ2n) is 7.17. The van der Waals surface area contributed by atoms with Crippen LogP contribution in [0.4, 0.5) is 8.78 Å². The van der Waals surface area contributed by atoms with Gasteiger partial charge in [0, 0.05) is 16.7 Å². The molecule has 1 aliphatic heterocycles. The highest BCUT2D eigenvalue weighted by molar-refractivity contribution is 5.90. The van der Waals surface area contributed by atoms with Crippen LogP contribution in [0.5, 0.6) is 5.75 Å². The molecule has 1 fully saturated rings. The van der Waals surface area contributed by atoms with Gasteiger partial charge in [-0.25, -0.2) is 13.8 Å². The molecule has 6 heteroatoms. The molecule has 1 atom stereocenters. The summed E-state index contributed by atoms with van der Waals surface area (Å²) in [7, 11) is 0. The minimum Gasteiger partial charge on any atom is -0.489 e. The van der Waals surface area contributed by atoms with Crippen molar-refractivity contribution in [2.45, 2.75) is 30.8 Å². The van der Waals surface area contributed by atoms with Crippen LogP contribution in [-0.2, 0) is 10.2 Å². The maximum atomic E-state index is 14.6. The fourth-order valence-corrected chi connectivity index (χ4v) is 3.19. The molecule has 26 heavy (non-hydrogen) atoms. The summed E-state index contributed by atoms with van der Waals surface area (Å²) in [6.45, 7) is 5.63. The van der Waals surface area contributed by atoms with E-state index in [1.54, 1.807) is 25.1 Å². The quantitative estimate of drug-likeness (QED) is 0.911. The smallest absolute Gasteiger partial charge is 0.231 e. The Morgan fingerprint density at radius 1 is 1.31 bits per heavy atom. The number of alkyl halides is 1. The summed E-state index contributed by atoms with van der Waals surface area (Å²) in [6, 6.07) is 7.39. The van der Waals surface area contributed by atoms with Gasteiger partial charge in [0.1, 0.15) is 35.0 Å². The van der Waals surface area contributed by atoms with Crippen LogP contribution in [0.1, 0.15) is 31.0 Å². The van der Waals surface area contributed by atoms with E-state index in [-0.39, 0.29) is 18.0 Å². The Morgan fingerprint density at radius 2 is 1.96 bits per heavy atom. The number of amides is 1. The fourth-order valence-electron chi connectivity index (χ4n) is 3.19. The Bertz CT molecular complexity index is 936. The lowest BCUT2D eigenvalue weighted by molar-refractivity contribution is -0.123. The number of aromatic nitrogens is 1. The molecular weight excluding hydrogens is 338 g/mol. The molecule has 0 bridgehead atoms. The highest BCUT2D eigenvalue weighted by Gasteiger charge is 2.49. The first-order valence-electron chi connectivity index (χ1n) is 8.37. The molecule has 4 rings (SSSR count). The monoisotopic (exact) mass is 356 g/mol. The van der Waals surface area contributed by atoms with Crippen molar-refractivity contribution in [2.24, 2.45) is 5.73 Å². The third kappa shape index (κ3) is 2.40. The Balaban J connectivity index is 1.93. The van der Waals surface area contributed by atoms with Crippen LogP contribution in [-0.4, -0.2) is 23.2 Å². The molecule has 1 aromatic carbocycles. The minimum absolute atomic E-state index is 0.0736. The zero-order valence-electron chi connectivity index (χ0n) is 14.3. The highest BCUT2D eigenvalue weighted by atomic mass is 19.1. The van der Waals surface area contributed by atoms with Gasteiger partial charge in [0.05, 0.1) is 5.69 Å². The lowest BCUT2D eigenvalue weighted by Crippen LogP contribution is -2.39. The molecular formula is C20H18F2N2O2. The van der Waals surface area contributed by atoms with Gasteiger partial charge in [-0.15, -0.1) is 0 Å². The zero-order valence-corrected chi connectivity index (χ0v) is 14.3. The van der Waals surface area contributed by atoms with Crippen molar-refractivity contribution in [3.8, 4) is 17.0 Å². The predicted octanol–water partition coefficient (Wildman–Crippen LogP) is 3.54. The largest absolute Gasteiger partial charge is 0.489 e. The van der Waals surface area contributed by atoms with Gasteiger partial charge >= 0.3 is 0 Å². The molecule has 0 saturated heterocycles. The van der Waals surface area contributed by atoms with E-state index in [0.717, 1.165) is 0 Å². The van der Waals surface area contributed by atoms with Gasteiger partial charge in [-0.1, -0.05) is 6.58 Å². The van der Waals surface area contributed by atoms with Crippen molar-refractivity contribution in [1.82, 2.24) is 4.98 Å². The van der Waals surface area contributed by atoms with Crippen molar-refractivity contribution >= 4 is 11.5 Å². The van der Waals surface area contributed by atoms with Crippen molar-refractivity contribution < 1.29 is 18.3 Å². The molecule has 1 aromatic heterocycles. The number of hydrogen-bond donors (Lipinski definition) is 1. The summed E-state index contributed by atoms with van der Waals surface area (Å²) in [4.78, 5) is 16.6. The Morgan fingerprint density at radius 3 is 2.54 bits per heavy atom. The number of primary amides is 1. The van der Waals surface area contributed by atoms with E-state index in [0.29, 0.717) is 41.1 Å². The third-order valence-electron chi connectivity index (χ3n) is 5.27. The van der Waals surface area contributed by atoms with E-state index < -0.39 is 17.0 Å². The maximum absolute atomic E-state index is 14.6. The molecule has 1 saturated carbocycles. The highest BCUT2D eigenvalue weighted by Crippen LogP contribution is 2.51. The molecule has 2 heterocycles. The Labute approximate surface area is 149 Å². The first-order chi connectivity index (χ1) is 12.2. The van der Waals surface area contributed by atoms with E-state index in [9.17, 15) is 13.6 Å². The molecule has 1 amide bonds. The lowest BCUT2D eigenvalue weighted by atomic mass is 9.82. The van der Waals surface area contributed by atoms with E-state index in [2.05, 4.69) is 11.6 Å². The van der Waals surface area contributed by atoms with Crippen LogP contribution in [0, 0.1) is 5.82 Å². The summed E-state index contributed by atoms with van der Waals surface area (Å²) in [5, 5.41) is 0. The lowest BCUT2D eigenvalue weighted by Gasteiger charge is -2.19. The zero-order chi connectivity index (χ0) is 18.7. The van der Waals surface area contributed by atoms with E-state index in [1.165, 1.54) is 12.1 Å². The van der Waals surface area contributed by atoms with Crippen LogP contribution >= 0.6 is 0 Å². The molecule has 0 radical (unpaired) electrons. The molecule has 134 valence electrons.